The largest absolute Gasteiger partial charge is 0.0864 e. The van der Waals surface area contributed by atoms with E-state index in [0.717, 1.165) is 0 Å². The van der Waals surface area contributed by atoms with Crippen LogP contribution in [0.25, 0.3) is 5.31 Å². The highest BCUT2D eigenvalue weighted by Gasteiger charge is 2.49. The topological polar surface area (TPSA) is 0 Å². The third-order valence-corrected chi connectivity index (χ3v) is 18.7. The molecule has 0 saturated heterocycles. The van der Waals surface area contributed by atoms with Gasteiger partial charge in [0.15, 0.2) is 0 Å². The lowest BCUT2D eigenvalue weighted by Gasteiger charge is -2.39. The Balaban J connectivity index is 1.70. The van der Waals surface area contributed by atoms with E-state index in [2.05, 4.69) is 159 Å². The first-order valence-corrected chi connectivity index (χ1v) is 18.4. The fourth-order valence-corrected chi connectivity index (χ4v) is 14.6. The van der Waals surface area contributed by atoms with E-state index in [9.17, 15) is 0 Å². The molecule has 186 valence electrons. The predicted octanol–water partition coefficient (Wildman–Crippen LogP) is 7.52. The first kappa shape index (κ1) is 25.4. The van der Waals surface area contributed by atoms with Crippen LogP contribution in [0.2, 0.25) is 0 Å². The number of benzene rings is 5. The summed E-state index contributed by atoms with van der Waals surface area (Å²) in [4.78, 5) is 0. The van der Waals surface area contributed by atoms with Crippen LogP contribution >= 0.6 is 12.1 Å². The molecule has 6 rings (SSSR count). The molecular weight excluding hydrogens is 534 g/mol. The summed E-state index contributed by atoms with van der Waals surface area (Å²) >= 11 is 13.8. The molecule has 5 aromatic carbocycles. The molecule has 1 unspecified atom stereocenters. The third-order valence-electron chi connectivity index (χ3n) is 7.64. The van der Waals surface area contributed by atoms with Gasteiger partial charge in [-0.15, -0.1) is 0 Å². The quantitative estimate of drug-likeness (QED) is 0.196. The summed E-state index contributed by atoms with van der Waals surface area (Å²) < 4.78 is 0. The molecular formula is C34H28P2S2. The Morgan fingerprint density at radius 3 is 1.29 bits per heavy atom. The molecule has 0 nitrogen and oxygen atoms in total. The van der Waals surface area contributed by atoms with Gasteiger partial charge in [0.25, 0.3) is 0 Å². The van der Waals surface area contributed by atoms with E-state index in [-0.39, 0.29) is 0 Å². The smallest absolute Gasteiger partial charge is 0.0486 e. The second-order valence-corrected chi connectivity index (χ2v) is 19.0. The lowest BCUT2D eigenvalue weighted by atomic mass is 10.0. The van der Waals surface area contributed by atoms with Crippen LogP contribution in [0.15, 0.2) is 152 Å². The number of hydrogen-bond acceptors (Lipinski definition) is 2. The third kappa shape index (κ3) is 3.86. The highest BCUT2D eigenvalue weighted by Crippen LogP contribution is 2.71. The second-order valence-electron chi connectivity index (χ2n) is 9.78. The maximum absolute atomic E-state index is 6.94. The first-order valence-electron chi connectivity index (χ1n) is 12.8. The molecule has 0 aromatic heterocycles. The van der Waals surface area contributed by atoms with Gasteiger partial charge in [-0.1, -0.05) is 175 Å². The average molecular weight is 563 g/mol. The van der Waals surface area contributed by atoms with Crippen LogP contribution in [0.5, 0.6) is 0 Å². The molecule has 1 atom stereocenters. The van der Waals surface area contributed by atoms with Crippen molar-refractivity contribution in [1.82, 2.24) is 0 Å². The Morgan fingerprint density at radius 1 is 0.474 bits per heavy atom. The van der Waals surface area contributed by atoms with Crippen LogP contribution in [-0.2, 0) is 28.8 Å². The van der Waals surface area contributed by atoms with Gasteiger partial charge in [-0.25, -0.2) is 0 Å². The highest BCUT2D eigenvalue weighted by atomic mass is 32.4. The molecule has 38 heavy (non-hydrogen) atoms. The van der Waals surface area contributed by atoms with Gasteiger partial charge in [-0.2, -0.15) is 0 Å². The highest BCUT2D eigenvalue weighted by molar-refractivity contribution is 8.27. The van der Waals surface area contributed by atoms with Crippen LogP contribution in [0.4, 0.5) is 0 Å². The lowest BCUT2D eigenvalue weighted by Crippen LogP contribution is -2.31. The van der Waals surface area contributed by atoms with Crippen molar-refractivity contribution in [3.8, 4) is 0 Å². The fraction of sp³-hybridized carbons (Fsp3) is 0.0588. The van der Waals surface area contributed by atoms with Crippen LogP contribution in [0.3, 0.4) is 0 Å². The zero-order valence-electron chi connectivity index (χ0n) is 21.1. The van der Waals surface area contributed by atoms with Gasteiger partial charge in [-0.3, -0.25) is 0 Å². The molecule has 0 heterocycles. The molecule has 5 aromatic rings. The van der Waals surface area contributed by atoms with Crippen molar-refractivity contribution in [2.45, 2.75) is 12.1 Å². The zero-order chi connectivity index (χ0) is 26.2. The molecule has 0 bridgehead atoms. The van der Waals surface area contributed by atoms with E-state index in [0.29, 0.717) is 0 Å². The van der Waals surface area contributed by atoms with E-state index in [4.69, 9.17) is 23.6 Å². The van der Waals surface area contributed by atoms with Crippen LogP contribution in [0.1, 0.15) is 18.1 Å². The number of rotatable bonds is 6. The molecule has 0 N–H and O–H groups in total. The van der Waals surface area contributed by atoms with E-state index in [1.165, 1.54) is 37.7 Å². The van der Waals surface area contributed by atoms with Crippen molar-refractivity contribution in [2.24, 2.45) is 0 Å². The van der Waals surface area contributed by atoms with Crippen LogP contribution in [0, 0.1) is 0 Å². The van der Waals surface area contributed by atoms with Crippen molar-refractivity contribution >= 4 is 62.2 Å². The molecule has 1 aliphatic rings. The predicted molar refractivity (Wildman–Crippen MR) is 175 cm³/mol. The van der Waals surface area contributed by atoms with E-state index in [1.54, 1.807) is 0 Å². The number of hydrogen-bond donors (Lipinski definition) is 0. The van der Waals surface area contributed by atoms with E-state index in [1.807, 2.05) is 0 Å². The maximum atomic E-state index is 6.94. The normalized spacial score (nSPS) is 17.0. The fourth-order valence-electron chi connectivity index (χ4n) is 5.75. The van der Waals surface area contributed by atoms with Gasteiger partial charge >= 0.3 is 0 Å². The molecule has 0 amide bonds. The second kappa shape index (κ2) is 10.0. The van der Waals surface area contributed by atoms with Gasteiger partial charge in [-0.05, 0) is 44.6 Å². The van der Waals surface area contributed by atoms with Gasteiger partial charge in [0, 0.05) is 17.2 Å². The van der Waals surface area contributed by atoms with Gasteiger partial charge in [0.05, 0.1) is 0 Å². The molecule has 0 spiro atoms. The Labute approximate surface area is 236 Å². The SMILES string of the molecule is CC1(P(=S)(c2ccccc2)c2ccccc2)C=C(P(=S)(c2ccccc2)c2ccccc2)c2ccccc21. The first-order chi connectivity index (χ1) is 18.5. The minimum atomic E-state index is -2.38. The summed E-state index contributed by atoms with van der Waals surface area (Å²) in [5.41, 5.74) is 2.53. The summed E-state index contributed by atoms with van der Waals surface area (Å²) in [6.45, 7) is 2.36. The minimum absolute atomic E-state index is 0.398. The summed E-state index contributed by atoms with van der Waals surface area (Å²) in [5.74, 6) is 0. The molecule has 0 fully saturated rings. The Hall–Kier alpha value is -2.86. The van der Waals surface area contributed by atoms with E-state index < -0.39 is 17.2 Å². The van der Waals surface area contributed by atoms with Crippen molar-refractivity contribution in [2.75, 3.05) is 0 Å². The Morgan fingerprint density at radius 2 is 0.842 bits per heavy atom. The number of fused-ring (bicyclic) bond motifs is 1. The average Bonchev–Trinajstić information content (AvgIpc) is 3.32. The molecule has 1 aliphatic carbocycles. The van der Waals surface area contributed by atoms with Gasteiger partial charge in [0.2, 0.25) is 0 Å². The molecule has 0 aliphatic heterocycles. The Bertz CT molecular complexity index is 1630. The standard InChI is InChI=1S/C34H28P2S2/c1-34(36(38,29-20-10-4-11-21-29)30-22-12-5-13-23-30)26-33(31-24-14-15-25-32(31)34)35(37,27-16-6-2-7-17-27)28-18-8-3-9-19-28/h2-26H,1H3. The summed E-state index contributed by atoms with van der Waals surface area (Å²) in [5, 5.41) is 5.72. The van der Waals surface area contributed by atoms with Crippen LogP contribution < -0.4 is 21.2 Å². The van der Waals surface area contributed by atoms with Crippen molar-refractivity contribution in [3.05, 3.63) is 163 Å². The van der Waals surface area contributed by atoms with Gasteiger partial charge in [0.1, 0.15) is 0 Å². The maximum Gasteiger partial charge on any atom is 0.0486 e. The summed E-state index contributed by atoms with van der Waals surface area (Å²) in [6, 6.07) is 47.0. The van der Waals surface area contributed by atoms with Crippen LogP contribution in [-0.4, -0.2) is 0 Å². The van der Waals surface area contributed by atoms with Crippen molar-refractivity contribution in [3.63, 3.8) is 0 Å². The minimum Gasteiger partial charge on any atom is -0.0864 e. The summed E-state index contributed by atoms with van der Waals surface area (Å²) in [7, 11) is 0. The lowest BCUT2D eigenvalue weighted by molar-refractivity contribution is 0.886. The molecule has 4 heteroatoms. The van der Waals surface area contributed by atoms with Gasteiger partial charge < -0.3 is 0 Å². The molecule has 0 radical (unpaired) electrons. The monoisotopic (exact) mass is 562 g/mol. The Kier molecular flexibility index (Phi) is 6.71. The van der Waals surface area contributed by atoms with E-state index >= 15 is 0 Å². The van der Waals surface area contributed by atoms with Crippen molar-refractivity contribution in [1.29, 1.82) is 0 Å². The van der Waals surface area contributed by atoms with Crippen molar-refractivity contribution < 1.29 is 0 Å². The number of allylic oxidation sites excluding steroid dienone is 1. The zero-order valence-corrected chi connectivity index (χ0v) is 24.6. The molecule has 0 saturated carbocycles. The summed E-state index contributed by atoms with van der Waals surface area (Å²) in [6.07, 6.45) is 2.49.